The molecule has 29 heavy (non-hydrogen) atoms. The molecule has 0 spiro atoms. The highest BCUT2D eigenvalue weighted by Crippen LogP contribution is 2.27. The van der Waals surface area contributed by atoms with Crippen LogP contribution in [0.25, 0.3) is 0 Å². The maximum absolute atomic E-state index is 12.8. The summed E-state index contributed by atoms with van der Waals surface area (Å²) in [6.45, 7) is 4.23. The van der Waals surface area contributed by atoms with Gasteiger partial charge in [-0.15, -0.1) is 0 Å². The first kappa shape index (κ1) is 20.4. The molecule has 0 radical (unpaired) electrons. The van der Waals surface area contributed by atoms with Gasteiger partial charge in [0, 0.05) is 31.3 Å². The summed E-state index contributed by atoms with van der Waals surface area (Å²) in [5.41, 5.74) is 3.78. The van der Waals surface area contributed by atoms with Crippen molar-refractivity contribution in [2.24, 2.45) is 0 Å². The summed E-state index contributed by atoms with van der Waals surface area (Å²) in [5.74, 6) is -0.259. The Morgan fingerprint density at radius 3 is 2.59 bits per heavy atom. The number of nitriles is 1. The van der Waals surface area contributed by atoms with Crippen LogP contribution in [0.15, 0.2) is 30.5 Å². The second kappa shape index (κ2) is 8.37. The summed E-state index contributed by atoms with van der Waals surface area (Å²) in [6, 6.07) is 9.27. The lowest BCUT2D eigenvalue weighted by molar-refractivity contribution is -0.117. The molecule has 1 aromatic carbocycles. The van der Waals surface area contributed by atoms with Crippen LogP contribution < -0.4 is 15.1 Å². The van der Waals surface area contributed by atoms with Crippen molar-refractivity contribution in [3.8, 4) is 6.07 Å². The molecule has 0 aliphatic carbocycles. The van der Waals surface area contributed by atoms with Gasteiger partial charge in [0.25, 0.3) is 5.91 Å². The third kappa shape index (κ3) is 3.96. The first-order valence-corrected chi connectivity index (χ1v) is 9.62. The van der Waals surface area contributed by atoms with Crippen molar-refractivity contribution in [1.29, 1.82) is 5.26 Å². The number of hydrogen-bond acceptors (Lipinski definition) is 5. The second-order valence-corrected chi connectivity index (χ2v) is 7.18. The summed E-state index contributed by atoms with van der Waals surface area (Å²) in [7, 11) is 1.59. The molecule has 148 valence electrons. The number of anilines is 2. The predicted octanol–water partition coefficient (Wildman–Crippen LogP) is 2.85. The number of rotatable bonds is 3. The van der Waals surface area contributed by atoms with E-state index in [9.17, 15) is 9.59 Å². The average Bonchev–Trinajstić information content (AvgIpc) is 2.85. The van der Waals surface area contributed by atoms with Crippen LogP contribution in [0, 0.1) is 25.2 Å². The van der Waals surface area contributed by atoms with Gasteiger partial charge in [-0.3, -0.25) is 14.5 Å². The molecule has 1 N–H and O–H groups in total. The Hall–Kier alpha value is -3.31. The van der Waals surface area contributed by atoms with E-state index in [2.05, 4.69) is 10.3 Å². The third-order valence-corrected chi connectivity index (χ3v) is 5.27. The lowest BCUT2D eigenvalue weighted by atomic mass is 10.1. The highest BCUT2D eigenvalue weighted by molar-refractivity contribution is 7.81. The highest BCUT2D eigenvalue weighted by Gasteiger charge is 2.29. The van der Waals surface area contributed by atoms with E-state index in [0.717, 1.165) is 11.3 Å². The number of aryl methyl sites for hydroxylation is 2. The van der Waals surface area contributed by atoms with Crippen LogP contribution in [-0.2, 0) is 4.79 Å². The Bertz CT molecular complexity index is 1040. The second-order valence-electron chi connectivity index (χ2n) is 6.82. The van der Waals surface area contributed by atoms with E-state index in [0.29, 0.717) is 47.0 Å². The summed E-state index contributed by atoms with van der Waals surface area (Å²) < 4.78 is 0. The van der Waals surface area contributed by atoms with Crippen LogP contribution in [0.2, 0.25) is 0 Å². The number of carbonyl (C=O) groups excluding carboxylic acids is 2. The Morgan fingerprint density at radius 1 is 1.24 bits per heavy atom. The first-order chi connectivity index (χ1) is 13.9. The van der Waals surface area contributed by atoms with Gasteiger partial charge >= 0.3 is 0 Å². The van der Waals surface area contributed by atoms with E-state index in [4.69, 9.17) is 17.5 Å². The fourth-order valence-corrected chi connectivity index (χ4v) is 3.73. The number of hydrogen-bond donors (Lipinski definition) is 1. The Morgan fingerprint density at radius 2 is 1.97 bits per heavy atom. The SMILES string of the molecule is CNC(=O)c1ccc(N2CCCC(=O)N(c3cnc(C#N)c(C)c3)C2=S)cc1C. The predicted molar refractivity (Wildman–Crippen MR) is 115 cm³/mol. The minimum absolute atomic E-state index is 0.109. The van der Waals surface area contributed by atoms with Gasteiger partial charge in [-0.2, -0.15) is 5.26 Å². The van der Waals surface area contributed by atoms with Crippen molar-refractivity contribution in [1.82, 2.24) is 10.3 Å². The number of carbonyl (C=O) groups is 2. The zero-order valence-corrected chi connectivity index (χ0v) is 17.3. The molecule has 3 rings (SSSR count). The van der Waals surface area contributed by atoms with Crippen molar-refractivity contribution in [3.63, 3.8) is 0 Å². The van der Waals surface area contributed by atoms with Gasteiger partial charge in [0.15, 0.2) is 5.11 Å². The third-order valence-electron chi connectivity index (χ3n) is 4.87. The van der Waals surface area contributed by atoms with Crippen molar-refractivity contribution in [2.45, 2.75) is 26.7 Å². The fraction of sp³-hybridized carbons (Fsp3) is 0.286. The maximum atomic E-state index is 12.8. The van der Waals surface area contributed by atoms with Crippen LogP contribution in [0.3, 0.4) is 0 Å². The van der Waals surface area contributed by atoms with Crippen LogP contribution >= 0.6 is 12.2 Å². The van der Waals surface area contributed by atoms with Gasteiger partial charge in [-0.1, -0.05) is 0 Å². The van der Waals surface area contributed by atoms with Gasteiger partial charge in [0.2, 0.25) is 5.91 Å². The van der Waals surface area contributed by atoms with Gasteiger partial charge in [-0.25, -0.2) is 4.98 Å². The molecule has 0 bridgehead atoms. The molecule has 2 heterocycles. The van der Waals surface area contributed by atoms with Crippen molar-refractivity contribution in [3.05, 3.63) is 52.8 Å². The molecule has 0 unspecified atom stereocenters. The van der Waals surface area contributed by atoms with Crippen molar-refractivity contribution < 1.29 is 9.59 Å². The number of thiocarbonyl (C=S) groups is 1. The molecule has 2 amide bonds. The summed E-state index contributed by atoms with van der Waals surface area (Å²) in [5, 5.41) is 12.1. The number of aromatic nitrogens is 1. The zero-order chi connectivity index (χ0) is 21.1. The lowest BCUT2D eigenvalue weighted by Crippen LogP contribution is -2.44. The number of benzene rings is 1. The molecule has 0 saturated carbocycles. The maximum Gasteiger partial charge on any atom is 0.251 e. The highest BCUT2D eigenvalue weighted by atomic mass is 32.1. The Kier molecular flexibility index (Phi) is 5.89. The van der Waals surface area contributed by atoms with Gasteiger partial charge in [-0.05, 0) is 67.9 Å². The molecule has 0 atom stereocenters. The molecule has 1 aliphatic heterocycles. The van der Waals surface area contributed by atoms with E-state index < -0.39 is 0 Å². The molecule has 1 aromatic heterocycles. The monoisotopic (exact) mass is 407 g/mol. The van der Waals surface area contributed by atoms with E-state index in [1.54, 1.807) is 26.1 Å². The molecule has 8 heteroatoms. The molecule has 2 aromatic rings. The standard InChI is InChI=1S/C21H21N5O2S/c1-13-9-15(6-7-17(13)20(28)23-3)25-8-4-5-19(27)26(21(25)29)16-10-14(2)18(11-22)24-12-16/h6-7,9-10,12H,4-5,8H2,1-3H3,(H,23,28). The van der Waals surface area contributed by atoms with Crippen LogP contribution in [0.4, 0.5) is 11.4 Å². The Labute approximate surface area is 174 Å². The average molecular weight is 407 g/mol. The molecule has 1 aliphatic rings. The molecular weight excluding hydrogens is 386 g/mol. The van der Waals surface area contributed by atoms with Crippen LogP contribution in [0.1, 0.15) is 40.0 Å². The van der Waals surface area contributed by atoms with Crippen LogP contribution in [0.5, 0.6) is 0 Å². The number of nitrogens with one attached hydrogen (secondary N) is 1. The van der Waals surface area contributed by atoms with Gasteiger partial charge < -0.3 is 10.2 Å². The zero-order valence-electron chi connectivity index (χ0n) is 16.5. The topological polar surface area (TPSA) is 89.3 Å². The number of nitrogens with zero attached hydrogens (tertiary/aromatic N) is 4. The molecule has 1 fully saturated rings. The van der Waals surface area contributed by atoms with Gasteiger partial charge in [0.1, 0.15) is 11.8 Å². The van der Waals surface area contributed by atoms with E-state index in [1.807, 2.05) is 30.0 Å². The van der Waals surface area contributed by atoms with E-state index >= 15 is 0 Å². The van der Waals surface area contributed by atoms with E-state index in [1.165, 1.54) is 11.1 Å². The molecule has 7 nitrogen and oxygen atoms in total. The van der Waals surface area contributed by atoms with Crippen molar-refractivity contribution >= 4 is 40.5 Å². The summed E-state index contributed by atoms with van der Waals surface area (Å²) in [4.78, 5) is 32.3. The number of amides is 2. The molecular formula is C21H21N5O2S. The van der Waals surface area contributed by atoms with E-state index in [-0.39, 0.29) is 11.8 Å². The van der Waals surface area contributed by atoms with Crippen molar-refractivity contribution in [2.75, 3.05) is 23.4 Å². The largest absolute Gasteiger partial charge is 0.355 e. The fourth-order valence-electron chi connectivity index (χ4n) is 3.32. The minimum Gasteiger partial charge on any atom is -0.355 e. The quantitative estimate of drug-likeness (QED) is 0.787. The normalized spacial score (nSPS) is 14.4. The smallest absolute Gasteiger partial charge is 0.251 e. The minimum atomic E-state index is -0.150. The first-order valence-electron chi connectivity index (χ1n) is 9.21. The Balaban J connectivity index is 1.99. The summed E-state index contributed by atoms with van der Waals surface area (Å²) >= 11 is 5.69. The lowest BCUT2D eigenvalue weighted by Gasteiger charge is -2.30. The van der Waals surface area contributed by atoms with Gasteiger partial charge in [0.05, 0.1) is 11.9 Å². The molecule has 1 saturated heterocycles. The van der Waals surface area contributed by atoms with Crippen LogP contribution in [-0.4, -0.2) is 35.5 Å². The summed E-state index contributed by atoms with van der Waals surface area (Å²) in [6.07, 6.45) is 2.50. The number of pyridine rings is 1.